The largest absolute Gasteiger partial charge is 0.379 e. The Hall–Kier alpha value is -0.770. The van der Waals surface area contributed by atoms with E-state index in [1.165, 1.54) is 0 Å². The monoisotopic (exact) mass is 228 g/mol. The van der Waals surface area contributed by atoms with Gasteiger partial charge in [-0.25, -0.2) is 4.79 Å². The molecule has 1 aliphatic rings. The Morgan fingerprint density at radius 1 is 1.38 bits per heavy atom. The molecule has 2 N–H and O–H groups in total. The van der Waals surface area contributed by atoms with Crippen LogP contribution in [0.3, 0.4) is 0 Å². The van der Waals surface area contributed by atoms with Gasteiger partial charge in [-0.1, -0.05) is 13.8 Å². The molecule has 0 aromatic rings. The van der Waals surface area contributed by atoms with Gasteiger partial charge in [-0.2, -0.15) is 0 Å². The summed E-state index contributed by atoms with van der Waals surface area (Å²) in [6, 6.07) is 0.369. The number of rotatable bonds is 5. The molecule has 1 fully saturated rings. The van der Waals surface area contributed by atoms with Gasteiger partial charge in [0.25, 0.3) is 0 Å². The van der Waals surface area contributed by atoms with Gasteiger partial charge >= 0.3 is 6.03 Å². The van der Waals surface area contributed by atoms with Gasteiger partial charge in [0.05, 0.1) is 12.6 Å². The van der Waals surface area contributed by atoms with Crippen LogP contribution in [0, 0.1) is 5.92 Å². The van der Waals surface area contributed by atoms with E-state index in [1.807, 2.05) is 6.92 Å². The number of urea groups is 1. The zero-order valence-electron chi connectivity index (χ0n) is 10.6. The molecule has 0 spiro atoms. The molecule has 0 saturated carbocycles. The third-order valence-corrected chi connectivity index (χ3v) is 2.82. The van der Waals surface area contributed by atoms with Gasteiger partial charge in [0.15, 0.2) is 0 Å². The lowest BCUT2D eigenvalue weighted by molar-refractivity contribution is 0.188. The standard InChI is InChI=1S/C12H24N2O2/c1-9(2)4-5-10(3)13-12(15)14-11-6-7-16-8-11/h9-11H,4-8H2,1-3H3,(H2,13,14,15). The zero-order valence-corrected chi connectivity index (χ0v) is 10.6. The summed E-state index contributed by atoms with van der Waals surface area (Å²) in [5, 5.41) is 5.88. The van der Waals surface area contributed by atoms with Crippen LogP contribution in [0.4, 0.5) is 4.79 Å². The molecule has 1 heterocycles. The Labute approximate surface area is 98.1 Å². The van der Waals surface area contributed by atoms with Crippen LogP contribution >= 0.6 is 0 Å². The molecule has 1 rings (SSSR count). The predicted octanol–water partition coefficient (Wildman–Crippen LogP) is 1.90. The van der Waals surface area contributed by atoms with Crippen LogP contribution < -0.4 is 10.6 Å². The highest BCUT2D eigenvalue weighted by Gasteiger charge is 2.18. The summed E-state index contributed by atoms with van der Waals surface area (Å²) >= 11 is 0. The molecule has 2 amide bonds. The molecule has 16 heavy (non-hydrogen) atoms. The first-order valence-electron chi connectivity index (χ1n) is 6.22. The van der Waals surface area contributed by atoms with Crippen molar-refractivity contribution < 1.29 is 9.53 Å². The highest BCUT2D eigenvalue weighted by Crippen LogP contribution is 2.07. The Morgan fingerprint density at radius 2 is 2.12 bits per heavy atom. The molecule has 0 radical (unpaired) electrons. The van der Waals surface area contributed by atoms with E-state index in [9.17, 15) is 4.79 Å². The number of carbonyl (C=O) groups is 1. The summed E-state index contributed by atoms with van der Waals surface area (Å²) in [5.41, 5.74) is 0. The highest BCUT2D eigenvalue weighted by atomic mass is 16.5. The van der Waals surface area contributed by atoms with Gasteiger partial charge < -0.3 is 15.4 Å². The van der Waals surface area contributed by atoms with Crippen molar-refractivity contribution >= 4 is 6.03 Å². The van der Waals surface area contributed by atoms with E-state index in [-0.39, 0.29) is 18.1 Å². The number of hydrogen-bond donors (Lipinski definition) is 2. The number of ether oxygens (including phenoxy) is 1. The fourth-order valence-corrected chi connectivity index (χ4v) is 1.75. The molecule has 0 aromatic heterocycles. The minimum Gasteiger partial charge on any atom is -0.379 e. The second kappa shape index (κ2) is 6.74. The minimum atomic E-state index is -0.0632. The van der Waals surface area contributed by atoms with Crippen molar-refractivity contribution in [1.29, 1.82) is 0 Å². The quantitative estimate of drug-likeness (QED) is 0.755. The van der Waals surface area contributed by atoms with Crippen LogP contribution in [0.2, 0.25) is 0 Å². The SMILES string of the molecule is CC(C)CCC(C)NC(=O)NC1CCOC1. The fourth-order valence-electron chi connectivity index (χ4n) is 1.75. The summed E-state index contributed by atoms with van der Waals surface area (Å²) < 4.78 is 5.20. The van der Waals surface area contributed by atoms with Gasteiger partial charge in [0.2, 0.25) is 0 Å². The first kappa shape index (κ1) is 13.3. The van der Waals surface area contributed by atoms with Gasteiger partial charge in [-0.15, -0.1) is 0 Å². The lowest BCUT2D eigenvalue weighted by atomic mass is 10.0. The molecule has 0 aromatic carbocycles. The lowest BCUT2D eigenvalue weighted by Crippen LogP contribution is -2.45. The molecule has 1 aliphatic heterocycles. The number of nitrogens with one attached hydrogen (secondary N) is 2. The summed E-state index contributed by atoms with van der Waals surface area (Å²) in [6.45, 7) is 7.85. The minimum absolute atomic E-state index is 0.0632. The molecule has 2 atom stereocenters. The molecular formula is C12H24N2O2. The molecule has 1 saturated heterocycles. The van der Waals surface area contributed by atoms with E-state index >= 15 is 0 Å². The number of hydrogen-bond acceptors (Lipinski definition) is 2. The van der Waals surface area contributed by atoms with Crippen molar-refractivity contribution in [2.24, 2.45) is 5.92 Å². The van der Waals surface area contributed by atoms with Gasteiger partial charge in [0.1, 0.15) is 0 Å². The summed E-state index contributed by atoms with van der Waals surface area (Å²) in [7, 11) is 0. The maximum atomic E-state index is 11.6. The molecule has 2 unspecified atom stereocenters. The van der Waals surface area contributed by atoms with E-state index in [4.69, 9.17) is 4.74 Å². The van der Waals surface area contributed by atoms with Crippen molar-refractivity contribution in [3.05, 3.63) is 0 Å². The van der Waals surface area contributed by atoms with Crippen LogP contribution in [0.15, 0.2) is 0 Å². The predicted molar refractivity (Wildman–Crippen MR) is 64.4 cm³/mol. The van der Waals surface area contributed by atoms with Crippen molar-refractivity contribution in [3.63, 3.8) is 0 Å². The van der Waals surface area contributed by atoms with Crippen molar-refractivity contribution in [3.8, 4) is 0 Å². The molecule has 4 heteroatoms. The van der Waals surface area contributed by atoms with Crippen molar-refractivity contribution in [2.45, 2.75) is 52.1 Å². The molecule has 0 bridgehead atoms. The summed E-state index contributed by atoms with van der Waals surface area (Å²) in [4.78, 5) is 11.6. The van der Waals surface area contributed by atoms with Crippen LogP contribution in [0.1, 0.15) is 40.0 Å². The number of carbonyl (C=O) groups excluding carboxylic acids is 1. The molecule has 4 nitrogen and oxygen atoms in total. The van der Waals surface area contributed by atoms with Crippen LogP contribution in [0.25, 0.3) is 0 Å². The Bertz CT molecular complexity index is 213. The van der Waals surface area contributed by atoms with Crippen LogP contribution in [-0.2, 0) is 4.74 Å². The molecular weight excluding hydrogens is 204 g/mol. The maximum absolute atomic E-state index is 11.6. The Balaban J connectivity index is 2.12. The van der Waals surface area contributed by atoms with Gasteiger partial charge in [-0.3, -0.25) is 0 Å². The topological polar surface area (TPSA) is 50.4 Å². The Kier molecular flexibility index (Phi) is 5.60. The average Bonchev–Trinajstić information content (AvgIpc) is 2.67. The summed E-state index contributed by atoms with van der Waals surface area (Å²) in [5.74, 6) is 0.690. The normalized spacial score (nSPS) is 22.1. The zero-order chi connectivity index (χ0) is 12.0. The van der Waals surface area contributed by atoms with E-state index < -0.39 is 0 Å². The third-order valence-electron chi connectivity index (χ3n) is 2.82. The van der Waals surface area contributed by atoms with E-state index in [1.54, 1.807) is 0 Å². The van der Waals surface area contributed by atoms with Gasteiger partial charge in [0, 0.05) is 12.6 Å². The first-order chi connectivity index (χ1) is 7.58. The first-order valence-corrected chi connectivity index (χ1v) is 6.22. The van der Waals surface area contributed by atoms with Crippen LogP contribution in [-0.4, -0.2) is 31.3 Å². The molecule has 0 aliphatic carbocycles. The van der Waals surface area contributed by atoms with Gasteiger partial charge in [-0.05, 0) is 32.1 Å². The second-order valence-corrected chi connectivity index (χ2v) is 5.05. The maximum Gasteiger partial charge on any atom is 0.315 e. The fraction of sp³-hybridized carbons (Fsp3) is 0.917. The number of amides is 2. The Morgan fingerprint density at radius 3 is 2.69 bits per heavy atom. The molecule has 94 valence electrons. The highest BCUT2D eigenvalue weighted by molar-refractivity contribution is 5.74. The van der Waals surface area contributed by atoms with Crippen molar-refractivity contribution in [1.82, 2.24) is 10.6 Å². The lowest BCUT2D eigenvalue weighted by Gasteiger charge is -2.17. The smallest absolute Gasteiger partial charge is 0.315 e. The van der Waals surface area contributed by atoms with E-state index in [0.29, 0.717) is 12.5 Å². The van der Waals surface area contributed by atoms with E-state index in [0.717, 1.165) is 25.9 Å². The summed E-state index contributed by atoms with van der Waals surface area (Å²) in [6.07, 6.45) is 3.11. The van der Waals surface area contributed by atoms with Crippen molar-refractivity contribution in [2.75, 3.05) is 13.2 Å². The third kappa shape index (κ3) is 5.35. The second-order valence-electron chi connectivity index (χ2n) is 5.05. The van der Waals surface area contributed by atoms with Crippen LogP contribution in [0.5, 0.6) is 0 Å². The van der Waals surface area contributed by atoms with E-state index in [2.05, 4.69) is 24.5 Å². The average molecular weight is 228 g/mol.